The van der Waals surface area contributed by atoms with Crippen LogP contribution in [0.4, 0.5) is 5.69 Å². The van der Waals surface area contributed by atoms with Crippen LogP contribution < -0.4 is 4.90 Å². The summed E-state index contributed by atoms with van der Waals surface area (Å²) in [6, 6.07) is 18.6. The van der Waals surface area contributed by atoms with E-state index in [-0.39, 0.29) is 24.2 Å². The number of aryl methyl sites for hydroxylation is 2. The highest BCUT2D eigenvalue weighted by Gasteiger charge is 2.34. The largest absolute Gasteiger partial charge is 0.337 e. The summed E-state index contributed by atoms with van der Waals surface area (Å²) in [6.45, 7) is 0.660. The van der Waals surface area contributed by atoms with E-state index in [9.17, 15) is 4.79 Å². The van der Waals surface area contributed by atoms with E-state index in [1.54, 1.807) is 0 Å². The third-order valence-electron chi connectivity index (χ3n) is 5.57. The van der Waals surface area contributed by atoms with Gasteiger partial charge in [0.25, 0.3) is 5.91 Å². The quantitative estimate of drug-likeness (QED) is 0.712. The zero-order valence-electron chi connectivity index (χ0n) is 15.0. The number of carbonyl (C=O) groups is 1. The number of rotatable bonds is 2. The summed E-state index contributed by atoms with van der Waals surface area (Å²) in [5, 5.41) is 0. The van der Waals surface area contributed by atoms with Crippen molar-refractivity contribution in [3.63, 3.8) is 0 Å². The standard InChI is InChI=1S/C22H21N3O.ClH/c26-22(21-23-18-11-5-6-12-19(18)24-21)25-14-17(15-8-2-1-3-9-15)16-10-4-7-13-20(16)25;/h1-4,7-10,13,17H,5-6,11-12,14H2,(H,23,24);1H. The second kappa shape index (κ2) is 7.20. The first-order valence-corrected chi connectivity index (χ1v) is 9.35. The van der Waals surface area contributed by atoms with E-state index in [2.05, 4.69) is 40.3 Å². The topological polar surface area (TPSA) is 49.0 Å². The molecule has 4 nitrogen and oxygen atoms in total. The molecular formula is C22H22ClN3O. The first kappa shape index (κ1) is 17.8. The average molecular weight is 380 g/mol. The molecule has 0 bridgehead atoms. The normalized spacial score (nSPS) is 17.8. The molecule has 3 aromatic rings. The Morgan fingerprint density at radius 3 is 2.56 bits per heavy atom. The van der Waals surface area contributed by atoms with E-state index >= 15 is 0 Å². The minimum Gasteiger partial charge on any atom is -0.337 e. The van der Waals surface area contributed by atoms with Crippen LogP contribution in [-0.4, -0.2) is 22.4 Å². The number of carbonyl (C=O) groups excluding carboxylic acids is 1. The lowest BCUT2D eigenvalue weighted by atomic mass is 9.93. The van der Waals surface area contributed by atoms with Crippen molar-refractivity contribution in [3.05, 3.63) is 82.9 Å². The number of halogens is 1. The van der Waals surface area contributed by atoms with Crippen LogP contribution >= 0.6 is 12.4 Å². The molecule has 5 rings (SSSR count). The van der Waals surface area contributed by atoms with Gasteiger partial charge in [-0.2, -0.15) is 0 Å². The van der Waals surface area contributed by atoms with Gasteiger partial charge in [-0.05, 0) is 42.9 Å². The van der Waals surface area contributed by atoms with Crippen molar-refractivity contribution in [1.29, 1.82) is 0 Å². The molecule has 0 radical (unpaired) electrons. The summed E-state index contributed by atoms with van der Waals surface area (Å²) in [5.74, 6) is 0.673. The van der Waals surface area contributed by atoms with Crippen molar-refractivity contribution in [2.45, 2.75) is 31.6 Å². The number of imidazole rings is 1. The smallest absolute Gasteiger partial charge is 0.294 e. The molecule has 2 aromatic carbocycles. The number of fused-ring (bicyclic) bond motifs is 2. The number of hydrogen-bond donors (Lipinski definition) is 1. The van der Waals surface area contributed by atoms with Gasteiger partial charge >= 0.3 is 0 Å². The maximum Gasteiger partial charge on any atom is 0.294 e. The molecule has 2 heterocycles. The van der Waals surface area contributed by atoms with E-state index < -0.39 is 0 Å². The molecule has 1 aliphatic carbocycles. The van der Waals surface area contributed by atoms with E-state index in [1.807, 2.05) is 29.2 Å². The van der Waals surface area contributed by atoms with Gasteiger partial charge in [0.15, 0.2) is 5.82 Å². The molecule has 0 saturated heterocycles. The van der Waals surface area contributed by atoms with Gasteiger partial charge < -0.3 is 9.88 Å². The maximum absolute atomic E-state index is 13.2. The number of anilines is 1. The van der Waals surface area contributed by atoms with Gasteiger partial charge in [-0.15, -0.1) is 12.4 Å². The van der Waals surface area contributed by atoms with Gasteiger partial charge in [0.2, 0.25) is 0 Å². The van der Waals surface area contributed by atoms with Crippen LogP contribution in [-0.2, 0) is 12.8 Å². The van der Waals surface area contributed by atoms with Crippen molar-refractivity contribution in [1.82, 2.24) is 9.97 Å². The molecule has 27 heavy (non-hydrogen) atoms. The van der Waals surface area contributed by atoms with Crippen molar-refractivity contribution >= 4 is 24.0 Å². The molecule has 2 aliphatic rings. The van der Waals surface area contributed by atoms with Crippen LogP contribution in [0.3, 0.4) is 0 Å². The number of para-hydroxylation sites is 1. The van der Waals surface area contributed by atoms with Gasteiger partial charge in [0, 0.05) is 23.8 Å². The first-order chi connectivity index (χ1) is 12.8. The fraction of sp³-hybridized carbons (Fsp3) is 0.273. The molecule has 1 amide bonds. The van der Waals surface area contributed by atoms with Crippen molar-refractivity contribution in [2.75, 3.05) is 11.4 Å². The first-order valence-electron chi connectivity index (χ1n) is 9.35. The van der Waals surface area contributed by atoms with E-state index in [1.165, 1.54) is 17.5 Å². The van der Waals surface area contributed by atoms with Crippen LogP contribution in [0.2, 0.25) is 0 Å². The average Bonchev–Trinajstić information content (AvgIpc) is 3.30. The Bertz CT molecular complexity index is 943. The number of amides is 1. The third kappa shape index (κ3) is 3.04. The lowest BCUT2D eigenvalue weighted by molar-refractivity contribution is 0.0979. The van der Waals surface area contributed by atoms with E-state index in [4.69, 9.17) is 0 Å². The Hall–Kier alpha value is -2.59. The maximum atomic E-state index is 13.2. The number of nitrogens with zero attached hydrogens (tertiary/aromatic N) is 2. The molecule has 1 aliphatic heterocycles. The van der Waals surface area contributed by atoms with Crippen molar-refractivity contribution in [3.8, 4) is 0 Å². The number of hydrogen-bond acceptors (Lipinski definition) is 2. The fourth-order valence-corrected chi connectivity index (χ4v) is 4.25. The summed E-state index contributed by atoms with van der Waals surface area (Å²) >= 11 is 0. The van der Waals surface area contributed by atoms with Crippen LogP contribution in [0, 0.1) is 0 Å². The summed E-state index contributed by atoms with van der Waals surface area (Å²) in [4.78, 5) is 23.0. The van der Waals surface area contributed by atoms with E-state index in [0.29, 0.717) is 12.4 Å². The zero-order valence-corrected chi connectivity index (χ0v) is 15.8. The SMILES string of the molecule is Cl.O=C(c1nc2c([nH]1)CCCC2)N1CC(c2ccccc2)c2ccccc21. The molecule has 5 heteroatoms. The number of H-pyrrole nitrogens is 1. The minimum atomic E-state index is -0.0229. The van der Waals surface area contributed by atoms with Gasteiger partial charge in [-0.1, -0.05) is 48.5 Å². The Labute approximate surface area is 165 Å². The number of nitrogens with one attached hydrogen (secondary N) is 1. The minimum absolute atomic E-state index is 0. The summed E-state index contributed by atoms with van der Waals surface area (Å²) in [6.07, 6.45) is 4.31. The molecule has 0 fully saturated rings. The Balaban J connectivity index is 0.00000180. The Morgan fingerprint density at radius 1 is 1.00 bits per heavy atom. The highest BCUT2D eigenvalue weighted by atomic mass is 35.5. The highest BCUT2D eigenvalue weighted by molar-refractivity contribution is 6.05. The molecule has 1 N–H and O–H groups in total. The van der Waals surface area contributed by atoms with Crippen LogP contribution in [0.1, 0.15) is 51.9 Å². The van der Waals surface area contributed by atoms with Gasteiger partial charge in [-0.25, -0.2) is 4.98 Å². The fourth-order valence-electron chi connectivity index (χ4n) is 4.25. The Kier molecular flexibility index (Phi) is 4.75. The molecule has 1 unspecified atom stereocenters. The van der Waals surface area contributed by atoms with Gasteiger partial charge in [0.1, 0.15) is 0 Å². The van der Waals surface area contributed by atoms with Gasteiger partial charge in [-0.3, -0.25) is 4.79 Å². The summed E-state index contributed by atoms with van der Waals surface area (Å²) < 4.78 is 0. The Morgan fingerprint density at radius 2 is 1.74 bits per heavy atom. The van der Waals surface area contributed by atoms with Crippen molar-refractivity contribution in [2.24, 2.45) is 0 Å². The predicted molar refractivity (Wildman–Crippen MR) is 109 cm³/mol. The second-order valence-corrected chi connectivity index (χ2v) is 7.16. The summed E-state index contributed by atoms with van der Waals surface area (Å²) in [5.41, 5.74) is 5.68. The lowest BCUT2D eigenvalue weighted by Gasteiger charge is -2.16. The van der Waals surface area contributed by atoms with Crippen molar-refractivity contribution < 1.29 is 4.79 Å². The summed E-state index contributed by atoms with van der Waals surface area (Å²) in [7, 11) is 0. The third-order valence-corrected chi connectivity index (χ3v) is 5.57. The second-order valence-electron chi connectivity index (χ2n) is 7.16. The predicted octanol–water partition coefficient (Wildman–Crippen LogP) is 4.50. The van der Waals surface area contributed by atoms with Crippen LogP contribution in [0.25, 0.3) is 0 Å². The number of aromatic nitrogens is 2. The van der Waals surface area contributed by atoms with Crippen LogP contribution in [0.15, 0.2) is 54.6 Å². The lowest BCUT2D eigenvalue weighted by Crippen LogP contribution is -2.31. The molecule has 1 aromatic heterocycles. The number of benzene rings is 2. The molecule has 1 atom stereocenters. The van der Waals surface area contributed by atoms with Crippen LogP contribution in [0.5, 0.6) is 0 Å². The molecular weight excluding hydrogens is 358 g/mol. The monoisotopic (exact) mass is 379 g/mol. The molecule has 0 saturated carbocycles. The molecule has 0 spiro atoms. The zero-order chi connectivity index (χ0) is 17.5. The van der Waals surface area contributed by atoms with Gasteiger partial charge in [0.05, 0.1) is 5.69 Å². The van der Waals surface area contributed by atoms with E-state index in [0.717, 1.165) is 36.3 Å². The highest BCUT2D eigenvalue weighted by Crippen LogP contribution is 2.40. The molecule has 138 valence electrons. The number of aromatic amines is 1.